The molecule has 0 bridgehead atoms. The smallest absolute Gasteiger partial charge is 0.271 e. The van der Waals surface area contributed by atoms with Gasteiger partial charge >= 0.3 is 0 Å². The Hall–Kier alpha value is -4.19. The highest BCUT2D eigenvalue weighted by atomic mass is 16.2. The van der Waals surface area contributed by atoms with Gasteiger partial charge in [0.15, 0.2) is 0 Å². The lowest BCUT2D eigenvalue weighted by Gasteiger charge is -2.04. The Morgan fingerprint density at radius 2 is 1.70 bits per heavy atom. The molecular formula is C24H21N5O. The number of benzene rings is 3. The van der Waals surface area contributed by atoms with Crippen molar-refractivity contribution in [2.24, 2.45) is 5.10 Å². The van der Waals surface area contributed by atoms with Crippen molar-refractivity contribution in [3.63, 3.8) is 0 Å². The van der Waals surface area contributed by atoms with Crippen molar-refractivity contribution in [1.82, 2.24) is 15.2 Å². The molecule has 30 heavy (non-hydrogen) atoms. The number of carbonyl (C=O) groups is 1. The first kappa shape index (κ1) is 19.1. The summed E-state index contributed by atoms with van der Waals surface area (Å²) in [7, 11) is 0. The summed E-state index contributed by atoms with van der Waals surface area (Å²) >= 11 is 0. The summed E-state index contributed by atoms with van der Waals surface area (Å²) in [6.07, 6.45) is 3.52. The van der Waals surface area contributed by atoms with E-state index in [1.54, 1.807) is 30.5 Å². The third-order valence-electron chi connectivity index (χ3n) is 4.69. The molecule has 3 N–H and O–H groups in total. The molecule has 148 valence electrons. The number of nitrogens with two attached hydrogens (primary N) is 1. The van der Waals surface area contributed by atoms with Crippen molar-refractivity contribution < 1.29 is 4.79 Å². The molecule has 0 unspecified atom stereocenters. The van der Waals surface area contributed by atoms with E-state index >= 15 is 0 Å². The van der Waals surface area contributed by atoms with E-state index in [4.69, 9.17) is 10.8 Å². The van der Waals surface area contributed by atoms with Gasteiger partial charge in [-0.1, -0.05) is 48.5 Å². The number of aryl methyl sites for hydroxylation is 1. The van der Waals surface area contributed by atoms with E-state index in [2.05, 4.69) is 10.5 Å². The maximum atomic E-state index is 12.3. The molecular weight excluding hydrogens is 374 g/mol. The van der Waals surface area contributed by atoms with Gasteiger partial charge in [0.25, 0.3) is 5.91 Å². The number of anilines is 1. The second kappa shape index (κ2) is 8.45. The second-order valence-corrected chi connectivity index (χ2v) is 6.85. The van der Waals surface area contributed by atoms with E-state index in [1.807, 2.05) is 72.4 Å². The second-order valence-electron chi connectivity index (χ2n) is 6.85. The van der Waals surface area contributed by atoms with Crippen LogP contribution < -0.4 is 11.2 Å². The van der Waals surface area contributed by atoms with Crippen molar-refractivity contribution in [3.8, 4) is 16.9 Å². The van der Waals surface area contributed by atoms with Gasteiger partial charge in [-0.3, -0.25) is 4.79 Å². The fraction of sp³-hybridized carbons (Fsp3) is 0.0417. The molecule has 0 spiro atoms. The lowest BCUT2D eigenvalue weighted by atomic mass is 10.1. The lowest BCUT2D eigenvalue weighted by Crippen LogP contribution is -2.17. The topological polar surface area (TPSA) is 85.3 Å². The molecule has 4 rings (SSSR count). The highest BCUT2D eigenvalue weighted by molar-refractivity contribution is 5.96. The van der Waals surface area contributed by atoms with Crippen molar-refractivity contribution in [1.29, 1.82) is 0 Å². The quantitative estimate of drug-likeness (QED) is 0.302. The van der Waals surface area contributed by atoms with Crippen molar-refractivity contribution >= 4 is 17.8 Å². The molecule has 1 amide bonds. The Balaban J connectivity index is 1.64. The van der Waals surface area contributed by atoms with Gasteiger partial charge in [0.1, 0.15) is 5.69 Å². The third kappa shape index (κ3) is 4.12. The van der Waals surface area contributed by atoms with Gasteiger partial charge in [-0.05, 0) is 42.8 Å². The zero-order valence-corrected chi connectivity index (χ0v) is 16.5. The van der Waals surface area contributed by atoms with Gasteiger partial charge in [-0.15, -0.1) is 0 Å². The molecule has 0 saturated carbocycles. The van der Waals surface area contributed by atoms with Gasteiger partial charge in [0.05, 0.1) is 11.9 Å². The number of para-hydroxylation sites is 1. The van der Waals surface area contributed by atoms with Crippen LogP contribution in [0.2, 0.25) is 0 Å². The summed E-state index contributed by atoms with van der Waals surface area (Å²) < 4.78 is 1.83. The fourth-order valence-corrected chi connectivity index (χ4v) is 3.11. The van der Waals surface area contributed by atoms with Crippen LogP contribution in [0.4, 0.5) is 5.69 Å². The van der Waals surface area contributed by atoms with Crippen LogP contribution in [0.15, 0.2) is 90.2 Å². The number of rotatable bonds is 5. The molecule has 4 aromatic rings. The maximum Gasteiger partial charge on any atom is 0.271 e. The SMILES string of the molecule is Cc1ccccc1-n1cc(/C=N\NC(=O)c2ccc(N)cc2)c(-c2ccccc2)n1. The van der Waals surface area contributed by atoms with Gasteiger partial charge in [0, 0.05) is 28.6 Å². The van der Waals surface area contributed by atoms with Gasteiger partial charge < -0.3 is 5.73 Å². The summed E-state index contributed by atoms with van der Waals surface area (Å²) in [4.78, 5) is 12.3. The molecule has 3 aromatic carbocycles. The number of amides is 1. The molecule has 6 nitrogen and oxygen atoms in total. The van der Waals surface area contributed by atoms with Crippen LogP contribution in [0.3, 0.4) is 0 Å². The average Bonchev–Trinajstić information content (AvgIpc) is 3.19. The Bertz CT molecular complexity index is 1190. The number of aromatic nitrogens is 2. The first-order chi connectivity index (χ1) is 14.6. The highest BCUT2D eigenvalue weighted by Crippen LogP contribution is 2.23. The minimum absolute atomic E-state index is 0.307. The minimum Gasteiger partial charge on any atom is -0.399 e. The molecule has 0 aliphatic carbocycles. The molecule has 6 heteroatoms. The molecule has 1 aromatic heterocycles. The number of hydrogen-bond acceptors (Lipinski definition) is 4. The number of hydrogen-bond donors (Lipinski definition) is 2. The number of carbonyl (C=O) groups excluding carboxylic acids is 1. The zero-order valence-electron chi connectivity index (χ0n) is 16.5. The Kier molecular flexibility index (Phi) is 5.39. The molecule has 1 heterocycles. The Morgan fingerprint density at radius 3 is 2.43 bits per heavy atom. The number of nitrogens with zero attached hydrogens (tertiary/aromatic N) is 3. The number of nitrogens with one attached hydrogen (secondary N) is 1. The van der Waals surface area contributed by atoms with Crippen molar-refractivity contribution in [3.05, 3.63) is 102 Å². The number of hydrazone groups is 1. The van der Waals surface area contributed by atoms with Gasteiger partial charge in [-0.2, -0.15) is 10.2 Å². The number of nitrogen functional groups attached to an aromatic ring is 1. The van der Waals surface area contributed by atoms with E-state index in [0.29, 0.717) is 11.3 Å². The largest absolute Gasteiger partial charge is 0.399 e. The van der Waals surface area contributed by atoms with Crippen LogP contribution in [0.5, 0.6) is 0 Å². The van der Waals surface area contributed by atoms with Crippen LogP contribution in [-0.2, 0) is 0 Å². The van der Waals surface area contributed by atoms with Crippen LogP contribution in [-0.4, -0.2) is 21.9 Å². The lowest BCUT2D eigenvalue weighted by molar-refractivity contribution is 0.0955. The molecule has 0 aliphatic rings. The van der Waals surface area contributed by atoms with Crippen LogP contribution in [0.1, 0.15) is 21.5 Å². The highest BCUT2D eigenvalue weighted by Gasteiger charge is 2.12. The predicted molar refractivity (Wildman–Crippen MR) is 120 cm³/mol. The molecule has 0 radical (unpaired) electrons. The monoisotopic (exact) mass is 395 g/mol. The first-order valence-corrected chi connectivity index (χ1v) is 9.52. The zero-order chi connectivity index (χ0) is 20.9. The van der Waals surface area contributed by atoms with E-state index in [9.17, 15) is 4.79 Å². The average molecular weight is 395 g/mol. The molecule has 0 saturated heterocycles. The summed E-state index contributed by atoms with van der Waals surface area (Å²) in [5, 5.41) is 8.92. The minimum atomic E-state index is -0.307. The Morgan fingerprint density at radius 1 is 1.00 bits per heavy atom. The van der Waals surface area contributed by atoms with Crippen molar-refractivity contribution in [2.45, 2.75) is 6.92 Å². The summed E-state index contributed by atoms with van der Waals surface area (Å²) in [5.74, 6) is -0.307. The maximum absolute atomic E-state index is 12.3. The molecule has 0 fully saturated rings. The third-order valence-corrected chi connectivity index (χ3v) is 4.69. The van der Waals surface area contributed by atoms with Crippen LogP contribution in [0, 0.1) is 6.92 Å². The Labute approximate surface area is 174 Å². The fourth-order valence-electron chi connectivity index (χ4n) is 3.11. The van der Waals surface area contributed by atoms with E-state index < -0.39 is 0 Å². The van der Waals surface area contributed by atoms with Crippen LogP contribution >= 0.6 is 0 Å². The van der Waals surface area contributed by atoms with Gasteiger partial charge in [0.2, 0.25) is 0 Å². The summed E-state index contributed by atoms with van der Waals surface area (Å²) in [6, 6.07) is 24.6. The van der Waals surface area contributed by atoms with Crippen LogP contribution in [0.25, 0.3) is 16.9 Å². The normalized spacial score (nSPS) is 11.0. The summed E-state index contributed by atoms with van der Waals surface area (Å²) in [6.45, 7) is 2.04. The molecule has 0 aliphatic heterocycles. The standard InChI is InChI=1S/C24H21N5O/c1-17-7-5-6-10-22(17)29-16-20(23(28-29)18-8-3-2-4-9-18)15-26-27-24(30)19-11-13-21(25)14-12-19/h2-16H,25H2,1H3,(H,27,30)/b26-15-. The predicted octanol–water partition coefficient (Wildman–Crippen LogP) is 4.19. The molecule has 0 atom stereocenters. The first-order valence-electron chi connectivity index (χ1n) is 9.52. The summed E-state index contributed by atoms with van der Waals surface area (Å²) in [5.41, 5.74) is 14.0. The van der Waals surface area contributed by atoms with E-state index in [0.717, 1.165) is 28.1 Å². The van der Waals surface area contributed by atoms with E-state index in [1.165, 1.54) is 0 Å². The van der Waals surface area contributed by atoms with Gasteiger partial charge in [-0.25, -0.2) is 10.1 Å². The van der Waals surface area contributed by atoms with E-state index in [-0.39, 0.29) is 5.91 Å². The van der Waals surface area contributed by atoms with Crippen molar-refractivity contribution in [2.75, 3.05) is 5.73 Å².